The Labute approximate surface area is 138 Å². The van der Waals surface area contributed by atoms with Gasteiger partial charge in [0.2, 0.25) is 10.0 Å². The first-order chi connectivity index (χ1) is 11.1. The molecule has 2 aliphatic rings. The van der Waals surface area contributed by atoms with Crippen molar-refractivity contribution in [3.8, 4) is 6.19 Å². The number of sulfonamides is 1. The maximum absolute atomic E-state index is 12.6. The SMILES string of the molecule is N#CN1CCC(CS(=O)(=O)N2CCC(c3ccccc3)CC2)C1. The molecule has 6 heteroatoms. The minimum Gasteiger partial charge on any atom is -0.310 e. The maximum Gasteiger partial charge on any atom is 0.214 e. The highest BCUT2D eigenvalue weighted by Crippen LogP contribution is 2.30. The van der Waals surface area contributed by atoms with Gasteiger partial charge in [-0.1, -0.05) is 30.3 Å². The molecule has 0 aromatic heterocycles. The average Bonchev–Trinajstić information content (AvgIpc) is 3.03. The smallest absolute Gasteiger partial charge is 0.214 e. The van der Waals surface area contributed by atoms with Crippen molar-refractivity contribution in [2.24, 2.45) is 5.92 Å². The normalized spacial score (nSPS) is 23.8. The third-order valence-corrected chi connectivity index (χ3v) is 7.04. The molecule has 0 amide bonds. The lowest BCUT2D eigenvalue weighted by Crippen LogP contribution is -2.40. The molecule has 23 heavy (non-hydrogen) atoms. The third kappa shape index (κ3) is 3.85. The maximum atomic E-state index is 12.6. The van der Waals surface area contributed by atoms with Crippen LogP contribution in [0.2, 0.25) is 0 Å². The lowest BCUT2D eigenvalue weighted by Gasteiger charge is -2.32. The summed E-state index contributed by atoms with van der Waals surface area (Å²) in [6, 6.07) is 10.3. The van der Waals surface area contributed by atoms with Gasteiger partial charge in [-0.3, -0.25) is 0 Å². The summed E-state index contributed by atoms with van der Waals surface area (Å²) < 4.78 is 26.9. The summed E-state index contributed by atoms with van der Waals surface area (Å²) in [7, 11) is -3.21. The fourth-order valence-electron chi connectivity index (χ4n) is 3.66. The first-order valence-corrected chi connectivity index (χ1v) is 9.87. The number of piperidine rings is 1. The highest BCUT2D eigenvalue weighted by Gasteiger charge is 2.33. The second kappa shape index (κ2) is 6.90. The van der Waals surface area contributed by atoms with Gasteiger partial charge in [-0.25, -0.2) is 12.7 Å². The molecular weight excluding hydrogens is 310 g/mol. The van der Waals surface area contributed by atoms with E-state index in [1.54, 1.807) is 9.21 Å². The predicted molar refractivity (Wildman–Crippen MR) is 89.1 cm³/mol. The first-order valence-electron chi connectivity index (χ1n) is 8.26. The molecule has 1 atom stereocenters. The fourth-order valence-corrected chi connectivity index (χ4v) is 5.50. The minimum absolute atomic E-state index is 0.0893. The third-order valence-electron chi connectivity index (χ3n) is 4.99. The van der Waals surface area contributed by atoms with Gasteiger partial charge in [0.05, 0.1) is 5.75 Å². The number of nitriles is 1. The molecule has 0 bridgehead atoms. The van der Waals surface area contributed by atoms with Crippen molar-refractivity contribution in [1.82, 2.24) is 9.21 Å². The Morgan fingerprint density at radius 1 is 1.09 bits per heavy atom. The van der Waals surface area contributed by atoms with Crippen LogP contribution in [0.25, 0.3) is 0 Å². The molecule has 1 aromatic rings. The van der Waals surface area contributed by atoms with Gasteiger partial charge >= 0.3 is 0 Å². The van der Waals surface area contributed by atoms with E-state index in [1.165, 1.54) is 5.56 Å². The van der Waals surface area contributed by atoms with E-state index in [9.17, 15) is 8.42 Å². The Kier molecular flexibility index (Phi) is 4.88. The fraction of sp³-hybridized carbons (Fsp3) is 0.588. The quantitative estimate of drug-likeness (QED) is 0.791. The molecule has 0 aliphatic carbocycles. The van der Waals surface area contributed by atoms with E-state index >= 15 is 0 Å². The van der Waals surface area contributed by atoms with Gasteiger partial charge in [0.1, 0.15) is 0 Å². The van der Waals surface area contributed by atoms with Crippen molar-refractivity contribution < 1.29 is 8.42 Å². The van der Waals surface area contributed by atoms with Crippen molar-refractivity contribution >= 4 is 10.0 Å². The Balaban J connectivity index is 1.55. The molecule has 2 saturated heterocycles. The number of benzene rings is 1. The molecule has 1 aromatic carbocycles. The van der Waals surface area contributed by atoms with Gasteiger partial charge in [-0.2, -0.15) is 5.26 Å². The van der Waals surface area contributed by atoms with Crippen LogP contribution in [-0.4, -0.2) is 49.6 Å². The molecule has 2 fully saturated rings. The van der Waals surface area contributed by atoms with Crippen molar-refractivity contribution in [3.05, 3.63) is 35.9 Å². The van der Waals surface area contributed by atoms with Crippen LogP contribution in [0, 0.1) is 17.4 Å². The molecule has 124 valence electrons. The Morgan fingerprint density at radius 3 is 2.39 bits per heavy atom. The lowest BCUT2D eigenvalue weighted by atomic mass is 9.90. The zero-order chi connectivity index (χ0) is 16.3. The molecule has 2 aliphatic heterocycles. The van der Waals surface area contributed by atoms with Crippen LogP contribution in [0.15, 0.2) is 30.3 Å². The number of rotatable bonds is 4. The highest BCUT2D eigenvalue weighted by molar-refractivity contribution is 7.89. The molecular formula is C17H23N3O2S. The van der Waals surface area contributed by atoms with Crippen LogP contribution in [0.1, 0.15) is 30.7 Å². The molecule has 1 unspecified atom stereocenters. The van der Waals surface area contributed by atoms with Gasteiger partial charge in [0, 0.05) is 26.2 Å². The number of hydrogen-bond donors (Lipinski definition) is 0. The number of likely N-dealkylation sites (tertiary alicyclic amines) is 1. The predicted octanol–water partition coefficient (Wildman–Crippen LogP) is 2.00. The summed E-state index contributed by atoms with van der Waals surface area (Å²) in [4.78, 5) is 1.65. The van der Waals surface area contributed by atoms with Gasteiger partial charge < -0.3 is 4.90 Å². The Morgan fingerprint density at radius 2 is 1.78 bits per heavy atom. The summed E-state index contributed by atoms with van der Waals surface area (Å²) in [5, 5.41) is 8.88. The van der Waals surface area contributed by atoms with E-state index in [0.717, 1.165) is 19.3 Å². The monoisotopic (exact) mass is 333 g/mol. The molecule has 5 nitrogen and oxygen atoms in total. The summed E-state index contributed by atoms with van der Waals surface area (Å²) in [5.41, 5.74) is 1.31. The zero-order valence-corrected chi connectivity index (χ0v) is 14.1. The van der Waals surface area contributed by atoms with Crippen LogP contribution < -0.4 is 0 Å². The summed E-state index contributed by atoms with van der Waals surface area (Å²) in [5.74, 6) is 0.732. The van der Waals surface area contributed by atoms with E-state index in [1.807, 2.05) is 18.2 Å². The number of hydrogen-bond acceptors (Lipinski definition) is 4. The summed E-state index contributed by atoms with van der Waals surface area (Å²) in [6.45, 7) is 2.48. The topological polar surface area (TPSA) is 64.4 Å². The van der Waals surface area contributed by atoms with Crippen LogP contribution in [-0.2, 0) is 10.0 Å². The van der Waals surface area contributed by atoms with Gasteiger partial charge in [0.25, 0.3) is 0 Å². The van der Waals surface area contributed by atoms with Crippen molar-refractivity contribution in [2.75, 3.05) is 31.9 Å². The average molecular weight is 333 g/mol. The van der Waals surface area contributed by atoms with Crippen molar-refractivity contribution in [3.63, 3.8) is 0 Å². The van der Waals surface area contributed by atoms with Crippen LogP contribution in [0.5, 0.6) is 0 Å². The van der Waals surface area contributed by atoms with E-state index < -0.39 is 10.0 Å². The molecule has 0 spiro atoms. The van der Waals surface area contributed by atoms with E-state index in [-0.39, 0.29) is 11.7 Å². The zero-order valence-electron chi connectivity index (χ0n) is 13.3. The van der Waals surface area contributed by atoms with E-state index in [2.05, 4.69) is 18.3 Å². The Hall–Kier alpha value is -1.58. The van der Waals surface area contributed by atoms with Gasteiger partial charge in [-0.15, -0.1) is 0 Å². The standard InChI is InChI=1S/C17H23N3O2S/c18-14-19-9-6-15(12-19)13-23(21,22)20-10-7-17(8-11-20)16-4-2-1-3-5-16/h1-5,15,17H,6-13H2. The largest absolute Gasteiger partial charge is 0.310 e. The first kappa shape index (κ1) is 16.3. The summed E-state index contributed by atoms with van der Waals surface area (Å²) >= 11 is 0. The summed E-state index contributed by atoms with van der Waals surface area (Å²) in [6.07, 6.45) is 4.68. The highest BCUT2D eigenvalue weighted by atomic mass is 32.2. The molecule has 0 radical (unpaired) electrons. The lowest BCUT2D eigenvalue weighted by molar-refractivity contribution is 0.317. The second-order valence-electron chi connectivity index (χ2n) is 6.56. The molecule has 0 N–H and O–H groups in total. The van der Waals surface area contributed by atoms with Crippen LogP contribution in [0.3, 0.4) is 0 Å². The van der Waals surface area contributed by atoms with Gasteiger partial charge in [0.15, 0.2) is 6.19 Å². The minimum atomic E-state index is -3.21. The molecule has 3 rings (SSSR count). The van der Waals surface area contributed by atoms with E-state index in [4.69, 9.17) is 5.26 Å². The van der Waals surface area contributed by atoms with Crippen molar-refractivity contribution in [2.45, 2.75) is 25.2 Å². The van der Waals surface area contributed by atoms with Crippen molar-refractivity contribution in [1.29, 1.82) is 5.26 Å². The van der Waals surface area contributed by atoms with Crippen LogP contribution >= 0.6 is 0 Å². The molecule has 2 heterocycles. The molecule has 0 saturated carbocycles. The number of nitrogens with zero attached hydrogens (tertiary/aromatic N) is 3. The second-order valence-corrected chi connectivity index (χ2v) is 8.58. The Bertz CT molecular complexity index is 661. The van der Waals surface area contributed by atoms with E-state index in [0.29, 0.717) is 32.1 Å². The van der Waals surface area contributed by atoms with Crippen LogP contribution in [0.4, 0.5) is 0 Å². The van der Waals surface area contributed by atoms with Gasteiger partial charge in [-0.05, 0) is 36.7 Å².